The third-order valence-corrected chi connectivity index (χ3v) is 5.55. The molecule has 2 aromatic carbocycles. The second kappa shape index (κ2) is 9.33. The third kappa shape index (κ3) is 4.56. The first-order chi connectivity index (χ1) is 15.4. The van der Waals surface area contributed by atoms with E-state index in [4.69, 9.17) is 9.47 Å². The predicted molar refractivity (Wildman–Crippen MR) is 116 cm³/mol. The lowest BCUT2D eigenvalue weighted by Gasteiger charge is -2.20. The van der Waals surface area contributed by atoms with Crippen molar-refractivity contribution >= 4 is 5.97 Å². The van der Waals surface area contributed by atoms with Crippen LogP contribution in [0.3, 0.4) is 0 Å². The lowest BCUT2D eigenvalue weighted by molar-refractivity contribution is -0.151. The molecule has 8 nitrogen and oxygen atoms in total. The number of aromatic nitrogens is 2. The van der Waals surface area contributed by atoms with Crippen molar-refractivity contribution in [2.24, 2.45) is 0 Å². The molecule has 2 heterocycles. The van der Waals surface area contributed by atoms with E-state index in [1.807, 2.05) is 60.7 Å². The molecule has 3 atom stereocenters. The Balaban J connectivity index is 1.47. The number of rotatable bonds is 6. The van der Waals surface area contributed by atoms with Crippen LogP contribution in [-0.2, 0) is 14.3 Å². The molecule has 0 amide bonds. The van der Waals surface area contributed by atoms with Gasteiger partial charge in [0.15, 0.2) is 0 Å². The number of hydrogen-bond acceptors (Lipinski definition) is 6. The molecule has 3 aromatic rings. The maximum Gasteiger partial charge on any atom is 0.330 e. The predicted octanol–water partition coefficient (Wildman–Crippen LogP) is 1.87. The molecule has 4 rings (SSSR count). The van der Waals surface area contributed by atoms with Gasteiger partial charge in [0.05, 0.1) is 6.10 Å². The monoisotopic (exact) mass is 436 g/mol. The van der Waals surface area contributed by atoms with E-state index in [-0.39, 0.29) is 13.0 Å². The first-order valence-electron chi connectivity index (χ1n) is 10.4. The number of nitrogens with zero attached hydrogens (tertiary/aromatic N) is 1. The molecule has 0 bridgehead atoms. The van der Waals surface area contributed by atoms with Gasteiger partial charge in [-0.25, -0.2) is 4.79 Å². The van der Waals surface area contributed by atoms with Crippen LogP contribution in [0.25, 0.3) is 0 Å². The highest BCUT2D eigenvalue weighted by Gasteiger charge is 2.37. The Labute approximate surface area is 184 Å². The average Bonchev–Trinajstić information content (AvgIpc) is 3.16. The molecule has 2 N–H and O–H groups in total. The average molecular weight is 436 g/mol. The number of nitrogens with one attached hydrogen (secondary N) is 1. The number of ether oxygens (including phenoxy) is 2. The van der Waals surface area contributed by atoms with E-state index < -0.39 is 41.6 Å². The number of aliphatic hydroxyl groups excluding tert-OH is 1. The van der Waals surface area contributed by atoms with E-state index in [0.29, 0.717) is 5.56 Å². The second-order valence-electron chi connectivity index (χ2n) is 7.80. The van der Waals surface area contributed by atoms with Crippen LogP contribution in [-0.4, -0.2) is 39.4 Å². The van der Waals surface area contributed by atoms with Gasteiger partial charge < -0.3 is 14.6 Å². The summed E-state index contributed by atoms with van der Waals surface area (Å²) in [6, 6.07) is 18.6. The van der Waals surface area contributed by atoms with Crippen LogP contribution in [0.15, 0.2) is 76.4 Å². The summed E-state index contributed by atoms with van der Waals surface area (Å²) in [7, 11) is 0. The van der Waals surface area contributed by atoms with Crippen LogP contribution in [0.5, 0.6) is 0 Å². The summed E-state index contributed by atoms with van der Waals surface area (Å²) in [4.78, 5) is 39.0. The Bertz CT molecular complexity index is 1150. The van der Waals surface area contributed by atoms with Gasteiger partial charge in [-0.15, -0.1) is 0 Å². The van der Waals surface area contributed by atoms with Crippen LogP contribution in [0.4, 0.5) is 0 Å². The molecule has 1 fully saturated rings. The van der Waals surface area contributed by atoms with Crippen molar-refractivity contribution in [3.8, 4) is 0 Å². The standard InChI is InChI=1S/C24H24N2O6/c1-15-13-26(24(30)25-22(15)28)20-12-18(27)19(32-20)14-31-23(29)21(16-8-4-2-5-9-16)17-10-6-3-7-11-17/h2-11,13,18-21,27H,12,14H2,1H3,(H,25,28,30)/t18?,19-,20-/m1/s1. The van der Waals surface area contributed by atoms with Gasteiger partial charge in [-0.3, -0.25) is 19.1 Å². The molecule has 32 heavy (non-hydrogen) atoms. The van der Waals surface area contributed by atoms with Gasteiger partial charge in [-0.05, 0) is 18.1 Å². The number of aromatic amines is 1. The van der Waals surface area contributed by atoms with Crippen LogP contribution < -0.4 is 11.2 Å². The number of H-pyrrole nitrogens is 1. The molecule has 1 aliphatic rings. The minimum absolute atomic E-state index is 0.133. The molecule has 0 radical (unpaired) electrons. The number of carbonyl (C=O) groups is 1. The Morgan fingerprint density at radius 2 is 1.72 bits per heavy atom. The van der Waals surface area contributed by atoms with Gasteiger partial charge in [0.1, 0.15) is 24.9 Å². The number of hydrogen-bond donors (Lipinski definition) is 2. The van der Waals surface area contributed by atoms with Crippen molar-refractivity contribution in [1.29, 1.82) is 0 Å². The zero-order chi connectivity index (χ0) is 22.7. The van der Waals surface area contributed by atoms with Gasteiger partial charge >= 0.3 is 11.7 Å². The Morgan fingerprint density at radius 3 is 2.31 bits per heavy atom. The highest BCUT2D eigenvalue weighted by molar-refractivity contribution is 5.82. The number of aliphatic hydroxyl groups is 1. The van der Waals surface area contributed by atoms with E-state index in [1.54, 1.807) is 6.92 Å². The van der Waals surface area contributed by atoms with Gasteiger partial charge in [-0.1, -0.05) is 60.7 Å². The van der Waals surface area contributed by atoms with Crippen LogP contribution in [0, 0.1) is 6.92 Å². The lowest BCUT2D eigenvalue weighted by atomic mass is 9.91. The van der Waals surface area contributed by atoms with Crippen molar-refractivity contribution in [2.45, 2.75) is 37.7 Å². The van der Waals surface area contributed by atoms with Crippen molar-refractivity contribution < 1.29 is 19.4 Å². The minimum atomic E-state index is -0.932. The van der Waals surface area contributed by atoms with E-state index >= 15 is 0 Å². The van der Waals surface area contributed by atoms with Crippen molar-refractivity contribution in [3.63, 3.8) is 0 Å². The maximum absolute atomic E-state index is 13.0. The molecule has 0 spiro atoms. The maximum atomic E-state index is 13.0. The van der Waals surface area contributed by atoms with Gasteiger partial charge in [-0.2, -0.15) is 0 Å². The fourth-order valence-electron chi connectivity index (χ4n) is 3.84. The normalized spacial score (nSPS) is 20.4. The highest BCUT2D eigenvalue weighted by Crippen LogP contribution is 2.30. The van der Waals surface area contributed by atoms with Gasteiger partial charge in [0.25, 0.3) is 5.56 Å². The first-order valence-corrected chi connectivity index (χ1v) is 10.4. The Morgan fingerprint density at radius 1 is 1.12 bits per heavy atom. The highest BCUT2D eigenvalue weighted by atomic mass is 16.6. The molecular formula is C24H24N2O6. The summed E-state index contributed by atoms with van der Waals surface area (Å²) < 4.78 is 12.6. The summed E-state index contributed by atoms with van der Waals surface area (Å²) >= 11 is 0. The van der Waals surface area contributed by atoms with Crippen LogP contribution in [0.2, 0.25) is 0 Å². The number of aryl methyl sites for hydroxylation is 1. The fourth-order valence-corrected chi connectivity index (χ4v) is 3.84. The third-order valence-electron chi connectivity index (χ3n) is 5.55. The van der Waals surface area contributed by atoms with E-state index in [0.717, 1.165) is 11.1 Å². The molecule has 8 heteroatoms. The molecule has 1 aliphatic heterocycles. The zero-order valence-corrected chi connectivity index (χ0v) is 17.5. The molecule has 166 valence electrons. The zero-order valence-electron chi connectivity index (χ0n) is 17.5. The molecule has 0 saturated carbocycles. The summed E-state index contributed by atoms with van der Waals surface area (Å²) in [5, 5.41) is 10.4. The summed E-state index contributed by atoms with van der Waals surface area (Å²) in [6.07, 6.45) is -0.966. The smallest absolute Gasteiger partial charge is 0.330 e. The molecule has 0 aliphatic carbocycles. The second-order valence-corrected chi connectivity index (χ2v) is 7.80. The molecule has 1 aromatic heterocycles. The lowest BCUT2D eigenvalue weighted by Crippen LogP contribution is -2.33. The fraction of sp³-hybridized carbons (Fsp3) is 0.292. The number of carbonyl (C=O) groups excluding carboxylic acids is 1. The topological polar surface area (TPSA) is 111 Å². The van der Waals surface area contributed by atoms with Crippen LogP contribution in [0.1, 0.15) is 35.3 Å². The Hall–Kier alpha value is -3.49. The quantitative estimate of drug-likeness (QED) is 0.571. The van der Waals surface area contributed by atoms with Crippen molar-refractivity contribution in [2.75, 3.05) is 6.61 Å². The van der Waals surface area contributed by atoms with Gasteiger partial charge in [0, 0.05) is 18.2 Å². The number of benzene rings is 2. The first kappa shape index (κ1) is 21.7. The summed E-state index contributed by atoms with van der Waals surface area (Å²) in [5.74, 6) is -1.07. The molecule has 1 saturated heterocycles. The minimum Gasteiger partial charge on any atom is -0.462 e. The summed E-state index contributed by atoms with van der Waals surface area (Å²) in [5.41, 5.74) is 0.854. The summed E-state index contributed by atoms with van der Waals surface area (Å²) in [6.45, 7) is 1.41. The molecule has 1 unspecified atom stereocenters. The van der Waals surface area contributed by atoms with E-state index in [9.17, 15) is 19.5 Å². The largest absolute Gasteiger partial charge is 0.462 e. The molecular weight excluding hydrogens is 412 g/mol. The van der Waals surface area contributed by atoms with E-state index in [2.05, 4.69) is 4.98 Å². The SMILES string of the molecule is Cc1cn([C@H]2CC(O)[C@@H](COC(=O)C(c3ccccc3)c3ccccc3)O2)c(=O)[nH]c1=O. The Kier molecular flexibility index (Phi) is 6.34. The van der Waals surface area contributed by atoms with Crippen LogP contribution >= 0.6 is 0 Å². The van der Waals surface area contributed by atoms with Gasteiger partial charge in [0.2, 0.25) is 0 Å². The van der Waals surface area contributed by atoms with Crippen molar-refractivity contribution in [1.82, 2.24) is 9.55 Å². The van der Waals surface area contributed by atoms with Crippen molar-refractivity contribution in [3.05, 3.63) is 104 Å². The van der Waals surface area contributed by atoms with E-state index in [1.165, 1.54) is 10.8 Å². The number of esters is 1.